The van der Waals surface area contributed by atoms with Crippen LogP contribution in [0, 0.1) is 0 Å². The zero-order chi connectivity index (χ0) is 50.6. The summed E-state index contributed by atoms with van der Waals surface area (Å²) in [6, 6.07) is 108. The lowest BCUT2D eigenvalue weighted by Crippen LogP contribution is -2.28. The minimum Gasteiger partial charge on any atom is -0.309 e. The van der Waals surface area contributed by atoms with Crippen LogP contribution < -0.4 is 0 Å². The van der Waals surface area contributed by atoms with Gasteiger partial charge in [0.25, 0.3) is 0 Å². The van der Waals surface area contributed by atoms with E-state index < -0.39 is 5.41 Å². The molecule has 1 aliphatic carbocycles. The average Bonchev–Trinajstić information content (AvgIpc) is 4.26. The van der Waals surface area contributed by atoms with Gasteiger partial charge in [0.05, 0.1) is 27.5 Å². The molecule has 2 heteroatoms. The summed E-state index contributed by atoms with van der Waals surface area (Å²) in [4.78, 5) is 0. The van der Waals surface area contributed by atoms with Crippen molar-refractivity contribution >= 4 is 65.2 Å². The minimum atomic E-state index is -0.487. The highest BCUT2D eigenvalue weighted by Crippen LogP contribution is 2.57. The topological polar surface area (TPSA) is 9.86 Å². The van der Waals surface area contributed by atoms with Gasteiger partial charge in [-0.25, -0.2) is 0 Å². The predicted molar refractivity (Wildman–Crippen MR) is 324 cm³/mol. The largest absolute Gasteiger partial charge is 0.309 e. The second-order valence-corrected chi connectivity index (χ2v) is 20.7. The minimum absolute atomic E-state index is 0.487. The van der Waals surface area contributed by atoms with Gasteiger partial charge in [-0.2, -0.15) is 0 Å². The Bertz CT molecular complexity index is 4580. The van der Waals surface area contributed by atoms with E-state index in [-0.39, 0.29) is 0 Å². The second kappa shape index (κ2) is 17.0. The molecule has 16 rings (SSSR count). The monoisotopic (exact) mass is 976 g/mol. The fourth-order valence-electron chi connectivity index (χ4n) is 13.6. The fraction of sp³-hybridized carbons (Fsp3) is 0.0133. The molecule has 0 saturated carbocycles. The van der Waals surface area contributed by atoms with E-state index in [1.54, 1.807) is 0 Å². The molecule has 77 heavy (non-hydrogen) atoms. The van der Waals surface area contributed by atoms with Gasteiger partial charge in [0.15, 0.2) is 0 Å². The highest BCUT2D eigenvalue weighted by molar-refractivity contribution is 6.21. The molecule has 0 unspecified atom stereocenters. The van der Waals surface area contributed by atoms with E-state index in [1.807, 2.05) is 0 Å². The number of hydrogen-bond donors (Lipinski definition) is 0. The van der Waals surface area contributed by atoms with Crippen molar-refractivity contribution in [2.24, 2.45) is 0 Å². The molecule has 0 bridgehead atoms. The first-order chi connectivity index (χ1) is 38.2. The summed E-state index contributed by atoms with van der Waals surface area (Å²) in [6.45, 7) is 0. The van der Waals surface area contributed by atoms with Gasteiger partial charge in [-0.15, -0.1) is 0 Å². The first kappa shape index (κ1) is 43.4. The van der Waals surface area contributed by atoms with E-state index >= 15 is 0 Å². The third-order valence-electron chi connectivity index (χ3n) is 16.8. The van der Waals surface area contributed by atoms with Crippen LogP contribution in [0.3, 0.4) is 0 Å². The number of fused-ring (bicyclic) bond motifs is 11. The van der Waals surface area contributed by atoms with Crippen molar-refractivity contribution in [1.29, 1.82) is 0 Å². The first-order valence-electron chi connectivity index (χ1n) is 26.7. The van der Waals surface area contributed by atoms with Crippen LogP contribution in [0.4, 0.5) is 0 Å². The summed E-state index contributed by atoms with van der Waals surface area (Å²) in [5.74, 6) is 0. The molecular formula is C75H48N2. The molecule has 0 atom stereocenters. The zero-order valence-corrected chi connectivity index (χ0v) is 42.1. The molecule has 358 valence electrons. The molecule has 0 N–H and O–H groups in total. The van der Waals surface area contributed by atoms with Crippen LogP contribution >= 0.6 is 0 Å². The molecule has 13 aromatic carbocycles. The molecule has 1 aliphatic rings. The Balaban J connectivity index is 0.973. The van der Waals surface area contributed by atoms with Crippen molar-refractivity contribution in [2.45, 2.75) is 5.41 Å². The van der Waals surface area contributed by atoms with E-state index in [4.69, 9.17) is 0 Å². The number of aromatic nitrogens is 2. The molecule has 2 nitrogen and oxygen atoms in total. The third kappa shape index (κ3) is 6.37. The van der Waals surface area contributed by atoms with Gasteiger partial charge in [0.1, 0.15) is 0 Å². The van der Waals surface area contributed by atoms with Gasteiger partial charge in [0, 0.05) is 32.9 Å². The summed E-state index contributed by atoms with van der Waals surface area (Å²) in [5.41, 5.74) is 21.5. The van der Waals surface area contributed by atoms with Crippen LogP contribution in [-0.4, -0.2) is 9.13 Å². The fourth-order valence-corrected chi connectivity index (χ4v) is 13.6. The number of hydrogen-bond acceptors (Lipinski definition) is 0. The highest BCUT2D eigenvalue weighted by atomic mass is 15.0. The van der Waals surface area contributed by atoms with Gasteiger partial charge in [-0.3, -0.25) is 0 Å². The van der Waals surface area contributed by atoms with Crippen molar-refractivity contribution in [3.05, 3.63) is 313 Å². The summed E-state index contributed by atoms with van der Waals surface area (Å²) >= 11 is 0. The molecule has 0 saturated heterocycles. The molecular weight excluding hydrogens is 929 g/mol. The molecule has 15 aromatic rings. The van der Waals surface area contributed by atoms with E-state index in [1.165, 1.54) is 132 Å². The van der Waals surface area contributed by atoms with Gasteiger partial charge < -0.3 is 9.13 Å². The van der Waals surface area contributed by atoms with Crippen LogP contribution in [0.5, 0.6) is 0 Å². The number of para-hydroxylation sites is 4. The molecule has 0 aliphatic heterocycles. The average molecular weight is 977 g/mol. The summed E-state index contributed by atoms with van der Waals surface area (Å²) in [7, 11) is 0. The lowest BCUT2D eigenvalue weighted by atomic mass is 9.67. The Labute approximate surface area is 446 Å². The van der Waals surface area contributed by atoms with Crippen molar-refractivity contribution in [3.63, 3.8) is 0 Å². The third-order valence-corrected chi connectivity index (χ3v) is 16.8. The number of nitrogens with zero attached hydrogens (tertiary/aromatic N) is 2. The molecule has 0 radical (unpaired) electrons. The maximum Gasteiger partial charge on any atom is 0.0713 e. The smallest absolute Gasteiger partial charge is 0.0713 e. The Morgan fingerprint density at radius 1 is 0.221 bits per heavy atom. The normalized spacial score (nSPS) is 12.8. The quantitative estimate of drug-likeness (QED) is 0.141. The van der Waals surface area contributed by atoms with Gasteiger partial charge in [-0.1, -0.05) is 218 Å². The molecule has 2 heterocycles. The predicted octanol–water partition coefficient (Wildman–Crippen LogP) is 19.6. The lowest BCUT2D eigenvalue weighted by Gasteiger charge is -2.33. The van der Waals surface area contributed by atoms with Gasteiger partial charge >= 0.3 is 0 Å². The summed E-state index contributed by atoms with van der Waals surface area (Å²) < 4.78 is 4.81. The van der Waals surface area contributed by atoms with Crippen LogP contribution in [0.15, 0.2) is 291 Å². The Morgan fingerprint density at radius 3 is 1.16 bits per heavy atom. The van der Waals surface area contributed by atoms with E-state index in [0.29, 0.717) is 0 Å². The Morgan fingerprint density at radius 2 is 0.623 bits per heavy atom. The van der Waals surface area contributed by atoms with Crippen LogP contribution in [0.1, 0.15) is 22.3 Å². The molecule has 2 aromatic heterocycles. The maximum absolute atomic E-state index is 2.50. The van der Waals surface area contributed by atoms with Crippen molar-refractivity contribution < 1.29 is 0 Å². The van der Waals surface area contributed by atoms with Crippen LogP contribution in [0.25, 0.3) is 121 Å². The SMILES string of the molecule is c1ccc(-n2c3ccccc3c3cc(-c4cccc5c(-c6ccc7c(c6)-c6ccccc6C7(c6ccccc6)c6ccccc6)c6cccc(-c7ccc8c(c7)c7ccccc7n8-c7ccccc7)c6cc45)ccc32)cc1. The van der Waals surface area contributed by atoms with Gasteiger partial charge in [0.2, 0.25) is 0 Å². The zero-order valence-electron chi connectivity index (χ0n) is 42.1. The summed E-state index contributed by atoms with van der Waals surface area (Å²) in [6.07, 6.45) is 0. The van der Waals surface area contributed by atoms with Crippen LogP contribution in [0.2, 0.25) is 0 Å². The standard InChI is InChI=1S/C75H48N2/c1-5-21-52(22-6-1)75(53-23-7-2-8-24-53)68-36-16-13-29-58(68)65-47-51(39-42-69(65)75)74-61-34-19-32-56(49-40-43-72-66(45-49)59-30-14-17-37-70(59)76(72)54-25-9-3-10-26-54)63(61)48-64-57(33-20-35-62(64)74)50-41-44-73-67(46-50)60-31-15-18-38-71(60)77(73)55-27-11-4-12-28-55/h1-48H. The van der Waals surface area contributed by atoms with E-state index in [9.17, 15) is 0 Å². The van der Waals surface area contributed by atoms with Crippen molar-refractivity contribution in [3.8, 4) is 55.9 Å². The maximum atomic E-state index is 2.50. The van der Waals surface area contributed by atoms with Crippen LogP contribution in [-0.2, 0) is 5.41 Å². The Hall–Kier alpha value is -10.0. The molecule has 0 fully saturated rings. The van der Waals surface area contributed by atoms with Gasteiger partial charge in [-0.05, 0) is 161 Å². The van der Waals surface area contributed by atoms with Crippen molar-refractivity contribution in [1.82, 2.24) is 9.13 Å². The van der Waals surface area contributed by atoms with E-state index in [0.717, 1.165) is 11.4 Å². The number of benzene rings is 13. The number of rotatable bonds is 7. The lowest BCUT2D eigenvalue weighted by molar-refractivity contribution is 0.768. The molecule has 0 spiro atoms. The molecule has 0 amide bonds. The van der Waals surface area contributed by atoms with Crippen molar-refractivity contribution in [2.75, 3.05) is 0 Å². The first-order valence-corrected chi connectivity index (χ1v) is 26.7. The summed E-state index contributed by atoms with van der Waals surface area (Å²) in [5, 5.41) is 9.85. The van der Waals surface area contributed by atoms with E-state index in [2.05, 4.69) is 300 Å². The Kier molecular flexibility index (Phi) is 9.58. The highest BCUT2D eigenvalue weighted by Gasteiger charge is 2.46. The second-order valence-electron chi connectivity index (χ2n) is 20.7.